The second-order valence-electron chi connectivity index (χ2n) is 7.15. The fourth-order valence-corrected chi connectivity index (χ4v) is 3.26. The minimum atomic E-state index is 0.188. The Balaban J connectivity index is 1.74. The molecule has 1 aromatic rings. The Hall–Kier alpha value is -1.51. The van der Waals surface area contributed by atoms with E-state index in [9.17, 15) is 4.79 Å². The van der Waals surface area contributed by atoms with E-state index >= 15 is 0 Å². The number of carbonyl (C=O) groups excluding carboxylic acids is 1. The number of rotatable bonds is 1. The second kappa shape index (κ2) is 4.80. The monoisotopic (exact) mass is 272 g/mol. The van der Waals surface area contributed by atoms with Gasteiger partial charge in [0.2, 0.25) is 0 Å². The third-order valence-electron chi connectivity index (χ3n) is 4.77. The van der Waals surface area contributed by atoms with Gasteiger partial charge in [-0.25, -0.2) is 0 Å². The Bertz CT molecular complexity index is 530. The standard InChI is InChI=1S/C17H24N2O/c1-17(2,3)14-7-9-19(11-14)16(20)13-5-4-12-6-8-18-15(12)10-13/h4-5,10,14,18H,6-9,11H2,1-3H3. The number of fused-ring (bicyclic) bond motifs is 1. The quantitative estimate of drug-likeness (QED) is 0.851. The highest BCUT2D eigenvalue weighted by Crippen LogP contribution is 2.34. The topological polar surface area (TPSA) is 32.3 Å². The number of carbonyl (C=O) groups is 1. The van der Waals surface area contributed by atoms with Crippen molar-refractivity contribution in [2.24, 2.45) is 11.3 Å². The first-order valence-electron chi connectivity index (χ1n) is 7.61. The molecule has 0 aliphatic carbocycles. The van der Waals surface area contributed by atoms with Crippen molar-refractivity contribution >= 4 is 11.6 Å². The third-order valence-corrected chi connectivity index (χ3v) is 4.77. The molecule has 108 valence electrons. The van der Waals surface area contributed by atoms with Gasteiger partial charge in [0.15, 0.2) is 0 Å². The van der Waals surface area contributed by atoms with Gasteiger partial charge < -0.3 is 10.2 Å². The van der Waals surface area contributed by atoms with Crippen molar-refractivity contribution < 1.29 is 4.79 Å². The number of benzene rings is 1. The van der Waals surface area contributed by atoms with Gasteiger partial charge in [-0.2, -0.15) is 0 Å². The van der Waals surface area contributed by atoms with Crippen molar-refractivity contribution in [3.8, 4) is 0 Å². The molecule has 1 fully saturated rings. The largest absolute Gasteiger partial charge is 0.384 e. The van der Waals surface area contributed by atoms with Gasteiger partial charge in [0, 0.05) is 30.9 Å². The SMILES string of the molecule is CC(C)(C)C1CCN(C(=O)c2ccc3c(c2)NCC3)C1. The van der Waals surface area contributed by atoms with Gasteiger partial charge in [-0.3, -0.25) is 4.79 Å². The lowest BCUT2D eigenvalue weighted by molar-refractivity contribution is 0.0776. The van der Waals surface area contributed by atoms with Crippen LogP contribution in [-0.2, 0) is 6.42 Å². The molecule has 1 amide bonds. The summed E-state index contributed by atoms with van der Waals surface area (Å²) in [5, 5.41) is 3.35. The van der Waals surface area contributed by atoms with E-state index in [1.54, 1.807) is 0 Å². The molecule has 2 aliphatic rings. The van der Waals surface area contributed by atoms with E-state index in [0.717, 1.165) is 43.7 Å². The van der Waals surface area contributed by atoms with E-state index in [1.807, 2.05) is 17.0 Å². The van der Waals surface area contributed by atoms with E-state index in [1.165, 1.54) is 5.56 Å². The number of likely N-dealkylation sites (tertiary alicyclic amines) is 1. The van der Waals surface area contributed by atoms with Crippen molar-refractivity contribution in [1.29, 1.82) is 0 Å². The molecule has 1 saturated heterocycles. The number of hydrogen-bond acceptors (Lipinski definition) is 2. The van der Waals surface area contributed by atoms with Crippen LogP contribution in [0.15, 0.2) is 18.2 Å². The van der Waals surface area contributed by atoms with Crippen LogP contribution >= 0.6 is 0 Å². The summed E-state index contributed by atoms with van der Waals surface area (Å²) in [6.07, 6.45) is 2.19. The minimum absolute atomic E-state index is 0.188. The molecule has 2 heterocycles. The zero-order valence-electron chi connectivity index (χ0n) is 12.7. The Labute approximate surface area is 121 Å². The molecule has 20 heavy (non-hydrogen) atoms. The molecule has 3 nitrogen and oxygen atoms in total. The van der Waals surface area contributed by atoms with Crippen LogP contribution in [0.5, 0.6) is 0 Å². The van der Waals surface area contributed by atoms with Gasteiger partial charge >= 0.3 is 0 Å². The molecule has 0 saturated carbocycles. The van der Waals surface area contributed by atoms with Crippen LogP contribution in [0, 0.1) is 11.3 Å². The smallest absolute Gasteiger partial charge is 0.253 e. The molecular weight excluding hydrogens is 248 g/mol. The van der Waals surface area contributed by atoms with E-state index in [4.69, 9.17) is 0 Å². The van der Waals surface area contributed by atoms with Crippen LogP contribution in [0.4, 0.5) is 5.69 Å². The highest BCUT2D eigenvalue weighted by atomic mass is 16.2. The maximum Gasteiger partial charge on any atom is 0.253 e. The average Bonchev–Trinajstić information content (AvgIpc) is 3.05. The van der Waals surface area contributed by atoms with Crippen LogP contribution in [0.1, 0.15) is 43.1 Å². The molecule has 3 heteroatoms. The van der Waals surface area contributed by atoms with E-state index < -0.39 is 0 Å². The maximum atomic E-state index is 12.6. The van der Waals surface area contributed by atoms with Crippen molar-refractivity contribution in [3.63, 3.8) is 0 Å². The molecule has 0 aromatic heterocycles. The zero-order valence-corrected chi connectivity index (χ0v) is 12.7. The number of amides is 1. The van der Waals surface area contributed by atoms with Crippen LogP contribution in [0.2, 0.25) is 0 Å². The molecular formula is C17H24N2O. The highest BCUT2D eigenvalue weighted by molar-refractivity contribution is 5.95. The Morgan fingerprint density at radius 2 is 2.15 bits per heavy atom. The Morgan fingerprint density at radius 1 is 1.35 bits per heavy atom. The molecule has 0 bridgehead atoms. The minimum Gasteiger partial charge on any atom is -0.384 e. The van der Waals surface area contributed by atoms with Gasteiger partial charge in [0.25, 0.3) is 5.91 Å². The van der Waals surface area contributed by atoms with Gasteiger partial charge in [-0.05, 0) is 41.9 Å². The lowest BCUT2D eigenvalue weighted by atomic mass is 9.80. The fraction of sp³-hybridized carbons (Fsp3) is 0.588. The van der Waals surface area contributed by atoms with Crippen LogP contribution < -0.4 is 5.32 Å². The fourth-order valence-electron chi connectivity index (χ4n) is 3.26. The van der Waals surface area contributed by atoms with Gasteiger partial charge in [0.1, 0.15) is 0 Å². The predicted octanol–water partition coefficient (Wildman–Crippen LogP) is 3.16. The number of hydrogen-bond donors (Lipinski definition) is 1. The maximum absolute atomic E-state index is 12.6. The number of nitrogens with one attached hydrogen (secondary N) is 1. The van der Waals surface area contributed by atoms with Crippen LogP contribution in [0.25, 0.3) is 0 Å². The first kappa shape index (κ1) is 13.5. The Kier molecular flexibility index (Phi) is 3.23. The lowest BCUT2D eigenvalue weighted by Crippen LogP contribution is -2.31. The lowest BCUT2D eigenvalue weighted by Gasteiger charge is -2.27. The molecule has 1 atom stereocenters. The summed E-state index contributed by atoms with van der Waals surface area (Å²) in [4.78, 5) is 14.6. The second-order valence-corrected chi connectivity index (χ2v) is 7.15. The summed E-state index contributed by atoms with van der Waals surface area (Å²) in [7, 11) is 0. The highest BCUT2D eigenvalue weighted by Gasteiger charge is 2.34. The molecule has 1 N–H and O–H groups in total. The molecule has 0 spiro atoms. The molecule has 3 rings (SSSR count). The van der Waals surface area contributed by atoms with Crippen LogP contribution in [0.3, 0.4) is 0 Å². The van der Waals surface area contributed by atoms with Crippen molar-refractivity contribution in [1.82, 2.24) is 4.90 Å². The zero-order chi connectivity index (χ0) is 14.3. The molecule has 2 aliphatic heterocycles. The van der Waals surface area contributed by atoms with E-state index in [-0.39, 0.29) is 11.3 Å². The third kappa shape index (κ3) is 2.41. The van der Waals surface area contributed by atoms with Crippen molar-refractivity contribution in [2.75, 3.05) is 25.0 Å². The molecule has 1 aromatic carbocycles. The molecule has 0 radical (unpaired) electrons. The number of nitrogens with zero attached hydrogens (tertiary/aromatic N) is 1. The molecule has 1 unspecified atom stereocenters. The summed E-state index contributed by atoms with van der Waals surface area (Å²) in [6, 6.07) is 6.10. The van der Waals surface area contributed by atoms with Gasteiger partial charge in [0.05, 0.1) is 0 Å². The van der Waals surface area contributed by atoms with Crippen molar-refractivity contribution in [3.05, 3.63) is 29.3 Å². The normalized spacial score (nSPS) is 21.8. The number of anilines is 1. The van der Waals surface area contributed by atoms with Crippen LogP contribution in [-0.4, -0.2) is 30.4 Å². The average molecular weight is 272 g/mol. The Morgan fingerprint density at radius 3 is 2.85 bits per heavy atom. The van der Waals surface area contributed by atoms with E-state index in [2.05, 4.69) is 32.2 Å². The summed E-state index contributed by atoms with van der Waals surface area (Å²) < 4.78 is 0. The summed E-state index contributed by atoms with van der Waals surface area (Å²) in [5.41, 5.74) is 3.58. The van der Waals surface area contributed by atoms with E-state index in [0.29, 0.717) is 5.92 Å². The van der Waals surface area contributed by atoms with Gasteiger partial charge in [-0.15, -0.1) is 0 Å². The first-order valence-corrected chi connectivity index (χ1v) is 7.61. The first-order chi connectivity index (χ1) is 9.45. The van der Waals surface area contributed by atoms with Crippen molar-refractivity contribution in [2.45, 2.75) is 33.6 Å². The predicted molar refractivity (Wildman–Crippen MR) is 82.1 cm³/mol. The summed E-state index contributed by atoms with van der Waals surface area (Å²) >= 11 is 0. The van der Waals surface area contributed by atoms with Gasteiger partial charge in [-0.1, -0.05) is 26.8 Å². The summed E-state index contributed by atoms with van der Waals surface area (Å²) in [5.74, 6) is 0.798. The summed E-state index contributed by atoms with van der Waals surface area (Å²) in [6.45, 7) is 9.59.